The van der Waals surface area contributed by atoms with Gasteiger partial charge in [0.05, 0.1) is 11.3 Å². The van der Waals surface area contributed by atoms with Crippen molar-refractivity contribution in [3.63, 3.8) is 0 Å². The van der Waals surface area contributed by atoms with Crippen LogP contribution in [0, 0.1) is 0 Å². The van der Waals surface area contributed by atoms with Crippen LogP contribution in [0.5, 0.6) is 5.75 Å². The molecular formula is C25H30N2O4. The van der Waals surface area contributed by atoms with Crippen molar-refractivity contribution in [2.24, 2.45) is 0 Å². The van der Waals surface area contributed by atoms with Crippen molar-refractivity contribution in [3.05, 3.63) is 59.7 Å². The van der Waals surface area contributed by atoms with Crippen LogP contribution in [0.15, 0.2) is 59.7 Å². The maximum absolute atomic E-state index is 13.2. The van der Waals surface area contributed by atoms with Crippen LogP contribution in [-0.4, -0.2) is 42.2 Å². The van der Waals surface area contributed by atoms with Crippen molar-refractivity contribution >= 4 is 17.5 Å². The largest absolute Gasteiger partial charge is 0.489 e. The SMILES string of the molecule is CN1C(=O)[C@@H](NC(=O)/C2=C/C(C3(O)CCCC3)=C\C=C/CCC2)COc2ccccc21. The second-order valence-electron chi connectivity index (χ2n) is 8.55. The molecule has 2 aliphatic carbocycles. The number of ether oxygens (including phenoxy) is 1. The van der Waals surface area contributed by atoms with Crippen LogP contribution in [0.1, 0.15) is 44.9 Å². The lowest BCUT2D eigenvalue weighted by atomic mass is 9.89. The van der Waals surface area contributed by atoms with E-state index in [2.05, 4.69) is 11.4 Å². The number of rotatable bonds is 3. The third-order valence-electron chi connectivity index (χ3n) is 6.38. The predicted octanol–water partition coefficient (Wildman–Crippen LogP) is 3.42. The minimum absolute atomic E-state index is 0.0768. The standard InChI is InChI=1S/C25H30N2O4/c1-27-21-12-6-7-13-22(21)31-17-20(24(27)29)26-23(28)18-10-4-2-3-5-11-19(16-18)25(30)14-8-9-15-25/h3,5-7,11-13,16,20,30H,2,4,8-10,14-15,17H2,1H3,(H,26,28)/b5-3-,18-16+,19-11+/t20-/m0/s1. The van der Waals surface area contributed by atoms with E-state index in [9.17, 15) is 14.7 Å². The Balaban J connectivity index is 1.55. The van der Waals surface area contributed by atoms with E-state index in [1.807, 2.05) is 42.5 Å². The van der Waals surface area contributed by atoms with Gasteiger partial charge in [-0.05, 0) is 55.9 Å². The van der Waals surface area contributed by atoms with Crippen molar-refractivity contribution < 1.29 is 19.4 Å². The first-order valence-electron chi connectivity index (χ1n) is 11.1. The van der Waals surface area contributed by atoms with Gasteiger partial charge in [0.15, 0.2) is 0 Å². The van der Waals surface area contributed by atoms with Crippen LogP contribution in [0.3, 0.4) is 0 Å². The second-order valence-corrected chi connectivity index (χ2v) is 8.55. The number of nitrogens with zero attached hydrogens (tertiary/aromatic N) is 1. The molecule has 164 valence electrons. The quantitative estimate of drug-likeness (QED) is 0.782. The average Bonchev–Trinajstić information content (AvgIpc) is 3.23. The third-order valence-corrected chi connectivity index (χ3v) is 6.38. The molecule has 1 aromatic carbocycles. The summed E-state index contributed by atoms with van der Waals surface area (Å²) in [4.78, 5) is 27.7. The summed E-state index contributed by atoms with van der Waals surface area (Å²) in [5.41, 5.74) is 1.17. The number of fused-ring (bicyclic) bond motifs is 1. The molecular weight excluding hydrogens is 392 g/mol. The molecule has 2 amide bonds. The molecule has 0 radical (unpaired) electrons. The zero-order valence-electron chi connectivity index (χ0n) is 18.0. The van der Waals surface area contributed by atoms with Crippen LogP contribution in [0.2, 0.25) is 0 Å². The highest BCUT2D eigenvalue weighted by molar-refractivity contribution is 6.03. The van der Waals surface area contributed by atoms with Gasteiger partial charge in [0.2, 0.25) is 5.91 Å². The normalized spacial score (nSPS) is 27.7. The molecule has 1 atom stereocenters. The summed E-state index contributed by atoms with van der Waals surface area (Å²) in [6, 6.07) is 6.57. The monoisotopic (exact) mass is 422 g/mol. The Hall–Kier alpha value is -2.86. The lowest BCUT2D eigenvalue weighted by Crippen LogP contribution is -2.49. The van der Waals surface area contributed by atoms with E-state index in [0.717, 1.165) is 31.3 Å². The third kappa shape index (κ3) is 4.59. The summed E-state index contributed by atoms with van der Waals surface area (Å²) in [6.07, 6.45) is 13.4. The van der Waals surface area contributed by atoms with Gasteiger partial charge in [-0.15, -0.1) is 0 Å². The summed E-state index contributed by atoms with van der Waals surface area (Å²) in [5, 5.41) is 14.0. The van der Waals surface area contributed by atoms with E-state index in [0.29, 0.717) is 36.3 Å². The van der Waals surface area contributed by atoms with Gasteiger partial charge < -0.3 is 20.1 Å². The molecule has 1 saturated carbocycles. The van der Waals surface area contributed by atoms with Gasteiger partial charge in [-0.25, -0.2) is 0 Å². The molecule has 6 heteroatoms. The highest BCUT2D eigenvalue weighted by Crippen LogP contribution is 2.37. The Labute approximate surface area is 183 Å². The van der Waals surface area contributed by atoms with Gasteiger partial charge in [0.1, 0.15) is 18.4 Å². The molecule has 4 rings (SSSR count). The molecule has 0 saturated heterocycles. The average molecular weight is 423 g/mol. The van der Waals surface area contributed by atoms with Gasteiger partial charge >= 0.3 is 0 Å². The number of anilines is 1. The molecule has 1 aliphatic heterocycles. The van der Waals surface area contributed by atoms with Gasteiger partial charge in [0.25, 0.3) is 5.91 Å². The minimum Gasteiger partial charge on any atom is -0.489 e. The van der Waals surface area contributed by atoms with Crippen molar-refractivity contribution in [3.8, 4) is 5.75 Å². The van der Waals surface area contributed by atoms with Gasteiger partial charge in [-0.2, -0.15) is 0 Å². The Morgan fingerprint density at radius 2 is 2.00 bits per heavy atom. The smallest absolute Gasteiger partial charge is 0.252 e. The fourth-order valence-corrected chi connectivity index (χ4v) is 4.51. The molecule has 1 aromatic rings. The van der Waals surface area contributed by atoms with Crippen molar-refractivity contribution in [2.75, 3.05) is 18.6 Å². The number of nitrogens with one attached hydrogen (secondary N) is 1. The Bertz CT molecular complexity index is 941. The number of benzene rings is 1. The maximum atomic E-state index is 13.2. The number of amides is 2. The molecule has 31 heavy (non-hydrogen) atoms. The predicted molar refractivity (Wildman–Crippen MR) is 120 cm³/mol. The summed E-state index contributed by atoms with van der Waals surface area (Å²) >= 11 is 0. The number of hydrogen-bond acceptors (Lipinski definition) is 4. The van der Waals surface area contributed by atoms with Crippen LogP contribution in [0.4, 0.5) is 5.69 Å². The maximum Gasteiger partial charge on any atom is 0.252 e. The Morgan fingerprint density at radius 1 is 1.23 bits per heavy atom. The first kappa shape index (κ1) is 21.4. The molecule has 6 nitrogen and oxygen atoms in total. The highest BCUT2D eigenvalue weighted by atomic mass is 16.5. The molecule has 0 spiro atoms. The summed E-state index contributed by atoms with van der Waals surface area (Å²) in [6.45, 7) is 0.0768. The number of carbonyl (C=O) groups is 2. The lowest BCUT2D eigenvalue weighted by Gasteiger charge is -2.25. The fraction of sp³-hybridized carbons (Fsp3) is 0.440. The van der Waals surface area contributed by atoms with Crippen LogP contribution >= 0.6 is 0 Å². The summed E-state index contributed by atoms with van der Waals surface area (Å²) < 4.78 is 5.82. The number of carbonyl (C=O) groups excluding carboxylic acids is 2. The van der Waals surface area contributed by atoms with Crippen molar-refractivity contribution in [1.29, 1.82) is 0 Å². The van der Waals surface area contributed by atoms with E-state index in [4.69, 9.17) is 4.74 Å². The molecule has 2 N–H and O–H groups in total. The molecule has 1 fully saturated rings. The van der Waals surface area contributed by atoms with Crippen LogP contribution < -0.4 is 15.0 Å². The number of para-hydroxylation sites is 2. The molecule has 1 heterocycles. The van der Waals surface area contributed by atoms with E-state index in [-0.39, 0.29) is 18.4 Å². The van der Waals surface area contributed by atoms with Crippen molar-refractivity contribution in [2.45, 2.75) is 56.6 Å². The zero-order chi connectivity index (χ0) is 21.8. The van der Waals surface area contributed by atoms with E-state index in [1.54, 1.807) is 7.05 Å². The first-order chi connectivity index (χ1) is 15.0. The lowest BCUT2D eigenvalue weighted by molar-refractivity contribution is -0.126. The molecule has 3 aliphatic rings. The van der Waals surface area contributed by atoms with Crippen LogP contribution in [-0.2, 0) is 9.59 Å². The Morgan fingerprint density at radius 3 is 2.81 bits per heavy atom. The number of allylic oxidation sites excluding steroid dienone is 3. The van der Waals surface area contributed by atoms with E-state index in [1.165, 1.54) is 4.90 Å². The van der Waals surface area contributed by atoms with E-state index < -0.39 is 11.6 Å². The highest BCUT2D eigenvalue weighted by Gasteiger charge is 2.35. The van der Waals surface area contributed by atoms with Gasteiger partial charge in [-0.3, -0.25) is 9.59 Å². The number of hydrogen-bond donors (Lipinski definition) is 2. The van der Waals surface area contributed by atoms with Gasteiger partial charge in [-0.1, -0.05) is 43.2 Å². The number of aliphatic hydroxyl groups is 1. The van der Waals surface area contributed by atoms with Crippen molar-refractivity contribution in [1.82, 2.24) is 5.32 Å². The summed E-state index contributed by atoms with van der Waals surface area (Å²) in [5.74, 6) is 0.126. The second kappa shape index (κ2) is 9.10. The summed E-state index contributed by atoms with van der Waals surface area (Å²) in [7, 11) is 1.69. The first-order valence-corrected chi connectivity index (χ1v) is 11.1. The molecule has 0 unspecified atom stereocenters. The topological polar surface area (TPSA) is 78.9 Å². The van der Waals surface area contributed by atoms with E-state index >= 15 is 0 Å². The van der Waals surface area contributed by atoms with Crippen LogP contribution in [0.25, 0.3) is 0 Å². The minimum atomic E-state index is -0.886. The Kier molecular flexibility index (Phi) is 6.28. The number of likely N-dealkylation sites (N-methyl/N-ethyl adjacent to an activating group) is 1. The molecule has 0 aromatic heterocycles. The fourth-order valence-electron chi connectivity index (χ4n) is 4.51. The van der Waals surface area contributed by atoms with Gasteiger partial charge in [0, 0.05) is 12.6 Å². The molecule has 0 bridgehead atoms. The zero-order valence-corrected chi connectivity index (χ0v) is 18.0.